The van der Waals surface area contributed by atoms with Gasteiger partial charge in [-0.15, -0.1) is 11.3 Å². The van der Waals surface area contributed by atoms with E-state index >= 15 is 0 Å². The molecule has 102 valence electrons. The first-order chi connectivity index (χ1) is 8.75. The summed E-state index contributed by atoms with van der Waals surface area (Å²) in [4.78, 5) is 13.9. The summed E-state index contributed by atoms with van der Waals surface area (Å²) in [5.41, 5.74) is -0.850. The van der Waals surface area contributed by atoms with Crippen LogP contribution in [0.25, 0.3) is 0 Å². The molecule has 0 N–H and O–H groups in total. The quantitative estimate of drug-likeness (QED) is 0.642. The molecule has 2 aromatic rings. The summed E-state index contributed by atoms with van der Waals surface area (Å²) in [6.45, 7) is 0. The second-order valence-corrected chi connectivity index (χ2v) is 4.26. The average molecular weight is 297 g/mol. The number of carbonyl (C=O) groups is 1. The topological polar surface area (TPSA) is 43.1 Å². The van der Waals surface area contributed by atoms with Crippen LogP contribution in [-0.4, -0.2) is 16.9 Å². The van der Waals surface area contributed by atoms with Crippen molar-refractivity contribution in [3.05, 3.63) is 40.2 Å². The SMILES string of the molecule is O=C(c1ccco1)c1scnc1C(F)(F)C(F)(F)F. The zero-order chi connectivity index (χ0) is 14.3. The number of aromatic nitrogens is 1. The fraction of sp³-hybridized carbons (Fsp3) is 0.200. The summed E-state index contributed by atoms with van der Waals surface area (Å²) in [5, 5.41) is 0. The minimum absolute atomic E-state index is 0.330. The lowest BCUT2D eigenvalue weighted by Crippen LogP contribution is -2.35. The maximum atomic E-state index is 13.2. The summed E-state index contributed by atoms with van der Waals surface area (Å²) < 4.78 is 67.9. The van der Waals surface area contributed by atoms with Gasteiger partial charge in [0.2, 0.25) is 5.78 Å². The third-order valence-corrected chi connectivity index (χ3v) is 3.00. The highest BCUT2D eigenvalue weighted by atomic mass is 32.1. The van der Waals surface area contributed by atoms with E-state index in [4.69, 9.17) is 0 Å². The molecule has 0 fully saturated rings. The van der Waals surface area contributed by atoms with Gasteiger partial charge in [-0.3, -0.25) is 4.79 Å². The number of hydrogen-bond donors (Lipinski definition) is 0. The van der Waals surface area contributed by atoms with Gasteiger partial charge in [-0.2, -0.15) is 22.0 Å². The number of furan rings is 1. The second kappa shape index (κ2) is 4.41. The molecule has 3 nitrogen and oxygen atoms in total. The van der Waals surface area contributed by atoms with Gasteiger partial charge < -0.3 is 4.42 Å². The highest BCUT2D eigenvalue weighted by Crippen LogP contribution is 2.45. The van der Waals surface area contributed by atoms with Crippen LogP contribution in [0.2, 0.25) is 0 Å². The van der Waals surface area contributed by atoms with E-state index in [-0.39, 0.29) is 5.76 Å². The molecule has 0 unspecified atom stereocenters. The van der Waals surface area contributed by atoms with Crippen molar-refractivity contribution in [3.63, 3.8) is 0 Å². The van der Waals surface area contributed by atoms with Crippen molar-refractivity contribution in [2.75, 3.05) is 0 Å². The number of ketones is 1. The molecule has 19 heavy (non-hydrogen) atoms. The van der Waals surface area contributed by atoms with Crippen LogP contribution >= 0.6 is 11.3 Å². The van der Waals surface area contributed by atoms with E-state index in [0.717, 1.165) is 17.8 Å². The van der Waals surface area contributed by atoms with Crippen molar-refractivity contribution in [2.24, 2.45) is 0 Å². The van der Waals surface area contributed by atoms with Gasteiger partial charge in [0.25, 0.3) is 0 Å². The molecule has 0 spiro atoms. The van der Waals surface area contributed by atoms with Crippen LogP contribution in [-0.2, 0) is 5.92 Å². The van der Waals surface area contributed by atoms with E-state index in [1.165, 1.54) is 6.07 Å². The number of carbonyl (C=O) groups excluding carboxylic acids is 1. The predicted molar refractivity (Wildman–Crippen MR) is 54.2 cm³/mol. The van der Waals surface area contributed by atoms with Crippen LogP contribution in [0.15, 0.2) is 28.3 Å². The molecule has 0 bridgehead atoms. The molecule has 2 heterocycles. The molecule has 0 aliphatic carbocycles. The number of thiazole rings is 1. The summed E-state index contributed by atoms with van der Waals surface area (Å²) >= 11 is 0.398. The number of halogens is 5. The Hall–Kier alpha value is -1.77. The minimum Gasteiger partial charge on any atom is -0.461 e. The van der Waals surface area contributed by atoms with Gasteiger partial charge in [0.15, 0.2) is 5.76 Å². The first-order valence-corrected chi connectivity index (χ1v) is 5.60. The fourth-order valence-electron chi connectivity index (χ4n) is 1.28. The third-order valence-electron chi connectivity index (χ3n) is 2.17. The third kappa shape index (κ3) is 2.25. The first-order valence-electron chi connectivity index (χ1n) is 4.72. The van der Waals surface area contributed by atoms with E-state index in [2.05, 4.69) is 9.40 Å². The van der Waals surface area contributed by atoms with Crippen molar-refractivity contribution in [1.29, 1.82) is 0 Å². The second-order valence-electron chi connectivity index (χ2n) is 3.41. The van der Waals surface area contributed by atoms with Gasteiger partial charge in [0.1, 0.15) is 10.6 Å². The predicted octanol–water partition coefficient (Wildman–Crippen LogP) is 3.62. The minimum atomic E-state index is -5.82. The summed E-state index contributed by atoms with van der Waals surface area (Å²) in [6.07, 6.45) is -4.71. The Morgan fingerprint density at radius 3 is 2.47 bits per heavy atom. The number of hydrogen-bond acceptors (Lipinski definition) is 4. The lowest BCUT2D eigenvalue weighted by molar-refractivity contribution is -0.290. The first kappa shape index (κ1) is 13.7. The monoisotopic (exact) mass is 297 g/mol. The maximum absolute atomic E-state index is 13.2. The summed E-state index contributed by atoms with van der Waals surface area (Å²) in [6, 6.07) is 2.48. The molecule has 0 amide bonds. The molecule has 0 aliphatic rings. The molecule has 0 aromatic carbocycles. The molecule has 0 saturated carbocycles. The summed E-state index contributed by atoms with van der Waals surface area (Å²) in [7, 11) is 0. The molecule has 0 radical (unpaired) electrons. The molecule has 2 aromatic heterocycles. The zero-order valence-corrected chi connectivity index (χ0v) is 9.69. The molecule has 9 heteroatoms. The van der Waals surface area contributed by atoms with Crippen LogP contribution in [0, 0.1) is 0 Å². The highest BCUT2D eigenvalue weighted by molar-refractivity contribution is 7.12. The smallest absolute Gasteiger partial charge is 0.459 e. The van der Waals surface area contributed by atoms with E-state index in [1.54, 1.807) is 0 Å². The molecular weight excluding hydrogens is 293 g/mol. The van der Waals surface area contributed by atoms with Crippen LogP contribution in [0.1, 0.15) is 21.1 Å². The number of rotatable bonds is 3. The number of alkyl halides is 5. The lowest BCUT2D eigenvalue weighted by atomic mass is 10.1. The van der Waals surface area contributed by atoms with Crippen molar-refractivity contribution >= 4 is 17.1 Å². The Morgan fingerprint density at radius 1 is 1.26 bits per heavy atom. The van der Waals surface area contributed by atoms with Crippen LogP contribution in [0.4, 0.5) is 22.0 Å². The highest BCUT2D eigenvalue weighted by Gasteiger charge is 2.61. The number of nitrogens with zero attached hydrogens (tertiary/aromatic N) is 1. The summed E-state index contributed by atoms with van der Waals surface area (Å²) in [5.74, 6) is -6.58. The van der Waals surface area contributed by atoms with Crippen LogP contribution in [0.5, 0.6) is 0 Å². The van der Waals surface area contributed by atoms with Crippen molar-refractivity contribution in [2.45, 2.75) is 12.1 Å². The molecule has 0 saturated heterocycles. The van der Waals surface area contributed by atoms with Crippen molar-refractivity contribution in [3.8, 4) is 0 Å². The normalized spacial score (nSPS) is 12.7. The Balaban J connectivity index is 2.47. The molecule has 0 atom stereocenters. The van der Waals surface area contributed by atoms with E-state index < -0.39 is 28.5 Å². The average Bonchev–Trinajstić information content (AvgIpc) is 2.98. The van der Waals surface area contributed by atoms with E-state index in [1.807, 2.05) is 0 Å². The van der Waals surface area contributed by atoms with Gasteiger partial charge >= 0.3 is 12.1 Å². The van der Waals surface area contributed by atoms with Crippen LogP contribution in [0.3, 0.4) is 0 Å². The fourth-order valence-corrected chi connectivity index (χ4v) is 2.05. The van der Waals surface area contributed by atoms with Crippen LogP contribution < -0.4 is 0 Å². The Labute approximate surface area is 106 Å². The maximum Gasteiger partial charge on any atom is 0.459 e. The van der Waals surface area contributed by atoms with Crippen molar-refractivity contribution < 1.29 is 31.2 Å². The van der Waals surface area contributed by atoms with E-state index in [9.17, 15) is 26.7 Å². The zero-order valence-electron chi connectivity index (χ0n) is 8.87. The standard InChI is InChI=1S/C10H4F5NO2S/c11-9(12,10(13,14)15)8-7(19-4-16-8)6(17)5-2-1-3-18-5/h1-4H. The Morgan fingerprint density at radius 2 is 1.95 bits per heavy atom. The van der Waals surface area contributed by atoms with Gasteiger partial charge in [-0.1, -0.05) is 0 Å². The Kier molecular flexibility index (Phi) is 3.17. The van der Waals surface area contributed by atoms with E-state index in [0.29, 0.717) is 11.3 Å². The van der Waals surface area contributed by atoms with Gasteiger partial charge in [-0.25, -0.2) is 4.98 Å². The van der Waals surface area contributed by atoms with Gasteiger partial charge in [-0.05, 0) is 12.1 Å². The molecular formula is C10H4F5NO2S. The van der Waals surface area contributed by atoms with Gasteiger partial charge in [0, 0.05) is 0 Å². The molecule has 0 aliphatic heterocycles. The van der Waals surface area contributed by atoms with Crippen molar-refractivity contribution in [1.82, 2.24) is 4.98 Å². The lowest BCUT2D eigenvalue weighted by Gasteiger charge is -2.18. The Bertz CT molecular complexity index is 587. The molecule has 2 rings (SSSR count). The van der Waals surface area contributed by atoms with Gasteiger partial charge in [0.05, 0.1) is 11.8 Å². The largest absolute Gasteiger partial charge is 0.461 e.